The Balaban J connectivity index is 1.94. The highest BCUT2D eigenvalue weighted by molar-refractivity contribution is 5.66. The summed E-state index contributed by atoms with van der Waals surface area (Å²) in [7, 11) is 0. The molecule has 2 rings (SSSR count). The smallest absolute Gasteiger partial charge is 0.303 e. The lowest BCUT2D eigenvalue weighted by Crippen LogP contribution is -1.97. The molecule has 0 atom stereocenters. The number of aliphatic carboxylic acids is 1. The topological polar surface area (TPSA) is 76.5 Å². The Morgan fingerprint density at radius 1 is 1.44 bits per heavy atom. The number of hydrogen-bond donors (Lipinski definition) is 1. The minimum absolute atomic E-state index is 0.0622. The molecule has 2 heterocycles. The van der Waals surface area contributed by atoms with Crippen molar-refractivity contribution in [3.63, 3.8) is 0 Å². The number of nitrogens with zero attached hydrogens (tertiary/aromatic N) is 1. The molecule has 0 radical (unpaired) electrons. The second-order valence-corrected chi connectivity index (χ2v) is 3.38. The Labute approximate surface area is 91.7 Å². The Morgan fingerprint density at radius 3 is 3.00 bits per heavy atom. The second kappa shape index (κ2) is 4.65. The van der Waals surface area contributed by atoms with E-state index in [0.717, 1.165) is 5.76 Å². The third kappa shape index (κ3) is 2.73. The molecular weight excluding hydrogens is 210 g/mol. The molecule has 84 valence electrons. The summed E-state index contributed by atoms with van der Waals surface area (Å²) in [5, 5.41) is 8.52. The first-order chi connectivity index (χ1) is 7.74. The van der Waals surface area contributed by atoms with Gasteiger partial charge >= 0.3 is 5.97 Å². The van der Waals surface area contributed by atoms with Crippen molar-refractivity contribution in [1.82, 2.24) is 4.98 Å². The van der Waals surface area contributed by atoms with Gasteiger partial charge in [0, 0.05) is 6.42 Å². The fraction of sp³-hybridized carbons (Fsp3) is 0.273. The number of aromatic nitrogens is 1. The normalized spacial score (nSPS) is 10.5. The molecule has 1 N–H and O–H groups in total. The van der Waals surface area contributed by atoms with Crippen LogP contribution in [0.1, 0.15) is 23.8 Å². The van der Waals surface area contributed by atoms with Crippen LogP contribution < -0.4 is 0 Å². The summed E-state index contributed by atoms with van der Waals surface area (Å²) < 4.78 is 10.4. The van der Waals surface area contributed by atoms with Gasteiger partial charge in [-0.05, 0) is 12.1 Å². The zero-order chi connectivity index (χ0) is 11.4. The van der Waals surface area contributed by atoms with E-state index < -0.39 is 5.97 Å². The van der Waals surface area contributed by atoms with E-state index in [0.29, 0.717) is 24.4 Å². The van der Waals surface area contributed by atoms with Crippen LogP contribution in [0.4, 0.5) is 0 Å². The lowest BCUT2D eigenvalue weighted by Gasteiger charge is -1.90. The molecule has 0 aliphatic heterocycles. The average molecular weight is 221 g/mol. The van der Waals surface area contributed by atoms with Crippen LogP contribution in [0, 0.1) is 0 Å². The maximum Gasteiger partial charge on any atom is 0.303 e. The number of oxazole rings is 1. The quantitative estimate of drug-likeness (QED) is 0.834. The largest absolute Gasteiger partial charge is 0.481 e. The van der Waals surface area contributed by atoms with Gasteiger partial charge in [0.1, 0.15) is 12.0 Å². The van der Waals surface area contributed by atoms with Gasteiger partial charge in [-0.25, -0.2) is 4.98 Å². The highest BCUT2D eigenvalue weighted by Crippen LogP contribution is 2.10. The van der Waals surface area contributed by atoms with E-state index in [-0.39, 0.29) is 6.42 Å². The third-order valence-corrected chi connectivity index (χ3v) is 2.10. The van der Waals surface area contributed by atoms with Crippen molar-refractivity contribution in [2.45, 2.75) is 19.3 Å². The number of carboxylic acid groups (broad SMARTS) is 1. The Bertz CT molecular complexity index is 458. The number of furan rings is 1. The van der Waals surface area contributed by atoms with Crippen molar-refractivity contribution in [3.8, 4) is 0 Å². The van der Waals surface area contributed by atoms with Crippen LogP contribution >= 0.6 is 0 Å². The number of aryl methyl sites for hydroxylation is 1. The molecule has 0 aliphatic rings. The summed E-state index contributed by atoms with van der Waals surface area (Å²) in [6.07, 6.45) is 4.01. The van der Waals surface area contributed by atoms with Crippen molar-refractivity contribution >= 4 is 5.97 Å². The highest BCUT2D eigenvalue weighted by atomic mass is 16.4. The maximum atomic E-state index is 10.4. The van der Waals surface area contributed by atoms with Crippen molar-refractivity contribution in [2.24, 2.45) is 0 Å². The summed E-state index contributed by atoms with van der Waals surface area (Å²) >= 11 is 0. The summed E-state index contributed by atoms with van der Waals surface area (Å²) in [4.78, 5) is 14.5. The van der Waals surface area contributed by atoms with E-state index in [1.165, 1.54) is 6.26 Å². The van der Waals surface area contributed by atoms with Gasteiger partial charge in [-0.2, -0.15) is 0 Å². The standard InChI is InChI=1S/C11H11NO4/c13-11(14)4-3-8-7-16-10(12-8)6-9-2-1-5-15-9/h1-2,5,7H,3-4,6H2,(H,13,14). The van der Waals surface area contributed by atoms with Crippen molar-refractivity contribution in [2.75, 3.05) is 0 Å². The van der Waals surface area contributed by atoms with Crippen LogP contribution in [0.3, 0.4) is 0 Å². The summed E-state index contributed by atoms with van der Waals surface area (Å²) in [5.74, 6) is 0.470. The van der Waals surface area contributed by atoms with Gasteiger partial charge < -0.3 is 13.9 Å². The van der Waals surface area contributed by atoms with Crippen LogP contribution in [0.2, 0.25) is 0 Å². The third-order valence-electron chi connectivity index (χ3n) is 2.10. The molecule has 0 amide bonds. The molecule has 5 nitrogen and oxygen atoms in total. The Kier molecular flexibility index (Phi) is 3.05. The molecule has 5 heteroatoms. The zero-order valence-electron chi connectivity index (χ0n) is 8.55. The molecule has 0 aliphatic carbocycles. The molecule has 0 saturated heterocycles. The molecule has 0 saturated carbocycles. The fourth-order valence-corrected chi connectivity index (χ4v) is 1.34. The Morgan fingerprint density at radius 2 is 2.31 bits per heavy atom. The lowest BCUT2D eigenvalue weighted by molar-refractivity contribution is -0.136. The minimum atomic E-state index is -0.837. The molecule has 2 aromatic rings. The van der Waals surface area contributed by atoms with Crippen molar-refractivity contribution in [1.29, 1.82) is 0 Å². The van der Waals surface area contributed by atoms with E-state index in [1.54, 1.807) is 12.3 Å². The number of carbonyl (C=O) groups is 1. The maximum absolute atomic E-state index is 10.4. The number of carboxylic acids is 1. The van der Waals surface area contributed by atoms with Crippen LogP contribution in [-0.2, 0) is 17.6 Å². The van der Waals surface area contributed by atoms with E-state index in [4.69, 9.17) is 13.9 Å². The van der Waals surface area contributed by atoms with E-state index in [1.807, 2.05) is 6.07 Å². The average Bonchev–Trinajstić information content (AvgIpc) is 2.87. The van der Waals surface area contributed by atoms with Gasteiger partial charge in [-0.15, -0.1) is 0 Å². The SMILES string of the molecule is O=C(O)CCc1coc(Cc2ccco2)n1. The monoisotopic (exact) mass is 221 g/mol. The fourth-order valence-electron chi connectivity index (χ4n) is 1.34. The first kappa shape index (κ1) is 10.5. The first-order valence-electron chi connectivity index (χ1n) is 4.91. The molecule has 0 unspecified atom stereocenters. The van der Waals surface area contributed by atoms with Gasteiger partial charge in [-0.1, -0.05) is 0 Å². The van der Waals surface area contributed by atoms with Crippen LogP contribution in [0.15, 0.2) is 33.5 Å². The molecule has 0 fully saturated rings. The predicted molar refractivity (Wildman–Crippen MR) is 54.0 cm³/mol. The van der Waals surface area contributed by atoms with Gasteiger partial charge in [-0.3, -0.25) is 4.79 Å². The summed E-state index contributed by atoms with van der Waals surface area (Å²) in [6.45, 7) is 0. The van der Waals surface area contributed by atoms with Crippen LogP contribution in [0.25, 0.3) is 0 Å². The molecule has 0 aromatic carbocycles. The summed E-state index contributed by atoms with van der Waals surface area (Å²) in [6, 6.07) is 3.63. The van der Waals surface area contributed by atoms with Gasteiger partial charge in [0.05, 0.1) is 24.8 Å². The van der Waals surface area contributed by atoms with Gasteiger partial charge in [0.2, 0.25) is 5.89 Å². The van der Waals surface area contributed by atoms with Crippen molar-refractivity contribution in [3.05, 3.63) is 42.0 Å². The number of rotatable bonds is 5. The highest BCUT2D eigenvalue weighted by Gasteiger charge is 2.07. The molecule has 0 bridgehead atoms. The summed E-state index contributed by atoms with van der Waals surface area (Å²) in [5.41, 5.74) is 0.656. The van der Waals surface area contributed by atoms with Crippen LogP contribution in [0.5, 0.6) is 0 Å². The molecular formula is C11H11NO4. The molecule has 0 spiro atoms. The van der Waals surface area contributed by atoms with E-state index >= 15 is 0 Å². The first-order valence-corrected chi connectivity index (χ1v) is 4.91. The molecule has 16 heavy (non-hydrogen) atoms. The minimum Gasteiger partial charge on any atom is -0.481 e. The zero-order valence-corrected chi connectivity index (χ0v) is 8.55. The number of hydrogen-bond acceptors (Lipinski definition) is 4. The lowest BCUT2D eigenvalue weighted by atomic mass is 10.2. The Hall–Kier alpha value is -2.04. The van der Waals surface area contributed by atoms with E-state index in [2.05, 4.69) is 4.98 Å². The van der Waals surface area contributed by atoms with Crippen LogP contribution in [-0.4, -0.2) is 16.1 Å². The van der Waals surface area contributed by atoms with Gasteiger partial charge in [0.25, 0.3) is 0 Å². The second-order valence-electron chi connectivity index (χ2n) is 3.38. The predicted octanol–water partition coefficient (Wildman–Crippen LogP) is 1.88. The van der Waals surface area contributed by atoms with Gasteiger partial charge in [0.15, 0.2) is 0 Å². The van der Waals surface area contributed by atoms with Crippen molar-refractivity contribution < 1.29 is 18.7 Å². The molecule has 2 aromatic heterocycles. The van der Waals surface area contributed by atoms with E-state index in [9.17, 15) is 4.79 Å².